The van der Waals surface area contributed by atoms with Gasteiger partial charge in [-0.3, -0.25) is 4.79 Å². The maximum absolute atomic E-state index is 11.5. The van der Waals surface area contributed by atoms with Crippen molar-refractivity contribution in [2.75, 3.05) is 19.2 Å². The number of carbonyl (C=O) groups is 1. The van der Waals surface area contributed by atoms with Gasteiger partial charge in [0.25, 0.3) is 0 Å². The van der Waals surface area contributed by atoms with Gasteiger partial charge in [-0.25, -0.2) is 9.99 Å². The lowest BCUT2D eigenvalue weighted by Crippen LogP contribution is -2.22. The number of hydrogen-bond acceptors (Lipinski definition) is 7. The summed E-state index contributed by atoms with van der Waals surface area (Å²) in [6.45, 7) is 2.15. The van der Waals surface area contributed by atoms with E-state index in [-0.39, 0.29) is 11.9 Å². The molecule has 1 unspecified atom stereocenters. The third-order valence-corrected chi connectivity index (χ3v) is 6.93. The number of anilines is 1. The molecular formula is C27H26N4O3S. The summed E-state index contributed by atoms with van der Waals surface area (Å²) < 4.78 is 11.0. The van der Waals surface area contributed by atoms with Crippen LogP contribution in [0.5, 0.6) is 5.75 Å². The molecule has 1 aliphatic heterocycles. The maximum Gasteiger partial charge on any atom is 0.219 e. The Labute approximate surface area is 208 Å². The van der Waals surface area contributed by atoms with E-state index in [9.17, 15) is 4.79 Å². The first-order valence-corrected chi connectivity index (χ1v) is 12.2. The van der Waals surface area contributed by atoms with Crippen molar-refractivity contribution in [1.29, 1.82) is 0 Å². The van der Waals surface area contributed by atoms with Gasteiger partial charge in [-0.15, -0.1) is 11.3 Å². The van der Waals surface area contributed by atoms with Crippen LogP contribution in [-0.2, 0) is 11.3 Å². The van der Waals surface area contributed by atoms with Crippen LogP contribution in [0.3, 0.4) is 0 Å². The molecule has 1 aliphatic rings. The van der Waals surface area contributed by atoms with Crippen molar-refractivity contribution in [3.63, 3.8) is 0 Å². The van der Waals surface area contributed by atoms with Crippen LogP contribution >= 0.6 is 11.3 Å². The van der Waals surface area contributed by atoms with Gasteiger partial charge in [-0.2, -0.15) is 5.10 Å². The molecule has 2 aromatic carbocycles. The zero-order valence-electron chi connectivity index (χ0n) is 19.8. The fourth-order valence-corrected chi connectivity index (χ4v) is 4.85. The Hall–Kier alpha value is -3.91. The number of hydrogen-bond donors (Lipinski definition) is 0. The molecule has 3 heterocycles. The lowest BCUT2D eigenvalue weighted by Gasteiger charge is -2.18. The predicted octanol–water partition coefficient (Wildman–Crippen LogP) is 5.75. The van der Waals surface area contributed by atoms with E-state index in [1.807, 2.05) is 71.1 Å². The van der Waals surface area contributed by atoms with E-state index in [1.165, 1.54) is 0 Å². The van der Waals surface area contributed by atoms with Crippen LogP contribution < -0.4 is 9.75 Å². The van der Waals surface area contributed by atoms with Gasteiger partial charge >= 0.3 is 0 Å². The quantitative estimate of drug-likeness (QED) is 0.333. The summed E-state index contributed by atoms with van der Waals surface area (Å²) in [4.78, 5) is 18.1. The van der Waals surface area contributed by atoms with Gasteiger partial charge in [0, 0.05) is 37.9 Å². The second kappa shape index (κ2) is 9.76. The highest BCUT2D eigenvalue weighted by Gasteiger charge is 2.33. The molecule has 1 atom stereocenters. The SMILES string of the molecule is COc1ccc(C2=NN(c3nc(-c4ccc(CN(C)C(C)=O)cc4)cs3)C(c3ccco3)C2)cc1. The molecule has 35 heavy (non-hydrogen) atoms. The van der Waals surface area contributed by atoms with Crippen molar-refractivity contribution in [2.45, 2.75) is 25.9 Å². The van der Waals surface area contributed by atoms with Crippen LogP contribution in [0.4, 0.5) is 5.13 Å². The monoisotopic (exact) mass is 486 g/mol. The molecule has 2 aromatic heterocycles. The molecule has 7 nitrogen and oxygen atoms in total. The number of furan rings is 1. The largest absolute Gasteiger partial charge is 0.497 e. The minimum Gasteiger partial charge on any atom is -0.497 e. The van der Waals surface area contributed by atoms with Gasteiger partial charge in [-0.1, -0.05) is 24.3 Å². The molecule has 1 amide bonds. The van der Waals surface area contributed by atoms with Gasteiger partial charge in [0.05, 0.1) is 24.8 Å². The van der Waals surface area contributed by atoms with Crippen LogP contribution in [-0.4, -0.2) is 35.7 Å². The van der Waals surface area contributed by atoms with Crippen molar-refractivity contribution in [1.82, 2.24) is 9.88 Å². The second-order valence-electron chi connectivity index (χ2n) is 8.44. The molecular weight excluding hydrogens is 460 g/mol. The van der Waals surface area contributed by atoms with E-state index in [1.54, 1.807) is 43.6 Å². The fourth-order valence-electron chi connectivity index (χ4n) is 4.02. The Morgan fingerprint density at radius 2 is 1.89 bits per heavy atom. The number of amides is 1. The minimum absolute atomic E-state index is 0.0458. The van der Waals surface area contributed by atoms with Crippen molar-refractivity contribution < 1.29 is 13.9 Å². The molecule has 8 heteroatoms. The molecule has 0 radical (unpaired) electrons. The van der Waals surface area contributed by atoms with E-state index in [0.717, 1.165) is 44.7 Å². The number of ether oxygens (including phenoxy) is 1. The standard InChI is InChI=1S/C27H26N4O3S/c1-18(32)30(2)16-19-6-8-21(9-7-19)24-17-35-27(28-24)31-25(26-5-4-14-34-26)15-23(29-31)20-10-12-22(33-3)13-11-20/h4-14,17,25H,15-16H2,1-3H3. The van der Waals surface area contributed by atoms with Crippen LogP contribution in [0.25, 0.3) is 11.3 Å². The van der Waals surface area contributed by atoms with Crippen molar-refractivity contribution in [3.8, 4) is 17.0 Å². The summed E-state index contributed by atoms with van der Waals surface area (Å²) in [5.41, 5.74) is 5.02. The Morgan fingerprint density at radius 1 is 1.14 bits per heavy atom. The molecule has 4 aromatic rings. The first kappa shape index (κ1) is 22.9. The number of methoxy groups -OCH3 is 1. The summed E-state index contributed by atoms with van der Waals surface area (Å²) in [5, 5.41) is 9.77. The highest BCUT2D eigenvalue weighted by Crippen LogP contribution is 2.39. The molecule has 0 N–H and O–H groups in total. The van der Waals surface area contributed by atoms with Crippen LogP contribution in [0, 0.1) is 0 Å². The number of hydrazone groups is 1. The Morgan fingerprint density at radius 3 is 2.54 bits per heavy atom. The zero-order chi connectivity index (χ0) is 24.4. The number of thiazole rings is 1. The molecule has 0 aliphatic carbocycles. The molecule has 0 spiro atoms. The predicted molar refractivity (Wildman–Crippen MR) is 138 cm³/mol. The number of aromatic nitrogens is 1. The fraction of sp³-hybridized carbons (Fsp3) is 0.222. The molecule has 5 rings (SSSR count). The Bertz CT molecular complexity index is 1330. The van der Waals surface area contributed by atoms with E-state index in [4.69, 9.17) is 19.2 Å². The number of nitrogens with zero attached hydrogens (tertiary/aromatic N) is 4. The summed E-state index contributed by atoms with van der Waals surface area (Å²) >= 11 is 1.56. The second-order valence-corrected chi connectivity index (χ2v) is 9.28. The lowest BCUT2D eigenvalue weighted by atomic mass is 10.0. The number of benzene rings is 2. The summed E-state index contributed by atoms with van der Waals surface area (Å²) in [6, 6.07) is 19.9. The van der Waals surface area contributed by atoms with Gasteiger partial charge in [-0.05, 0) is 47.5 Å². The molecule has 0 bridgehead atoms. The molecule has 0 saturated carbocycles. The normalized spacial score (nSPS) is 15.2. The summed E-state index contributed by atoms with van der Waals surface area (Å²) in [7, 11) is 3.46. The molecule has 178 valence electrons. The Balaban J connectivity index is 1.41. The van der Waals surface area contributed by atoms with Gasteiger partial charge in [0.15, 0.2) is 0 Å². The average molecular weight is 487 g/mol. The summed E-state index contributed by atoms with van der Waals surface area (Å²) in [5.74, 6) is 1.72. The number of rotatable bonds is 7. The van der Waals surface area contributed by atoms with Crippen LogP contribution in [0.2, 0.25) is 0 Å². The van der Waals surface area contributed by atoms with E-state index >= 15 is 0 Å². The Kier molecular flexibility index (Phi) is 6.37. The van der Waals surface area contributed by atoms with E-state index < -0.39 is 0 Å². The van der Waals surface area contributed by atoms with Gasteiger partial charge < -0.3 is 14.1 Å². The first-order chi connectivity index (χ1) is 17.0. The zero-order valence-corrected chi connectivity index (χ0v) is 20.7. The topological polar surface area (TPSA) is 71.2 Å². The molecule has 0 fully saturated rings. The molecule has 0 saturated heterocycles. The maximum atomic E-state index is 11.5. The van der Waals surface area contributed by atoms with Gasteiger partial charge in [0.2, 0.25) is 11.0 Å². The smallest absolute Gasteiger partial charge is 0.219 e. The first-order valence-electron chi connectivity index (χ1n) is 11.3. The van der Waals surface area contributed by atoms with Crippen LogP contribution in [0.15, 0.2) is 81.8 Å². The summed E-state index contributed by atoms with van der Waals surface area (Å²) in [6.07, 6.45) is 2.41. The van der Waals surface area contributed by atoms with Crippen molar-refractivity contribution >= 4 is 28.1 Å². The number of carbonyl (C=O) groups excluding carboxylic acids is 1. The van der Waals surface area contributed by atoms with E-state index in [0.29, 0.717) is 13.0 Å². The highest BCUT2D eigenvalue weighted by atomic mass is 32.1. The van der Waals surface area contributed by atoms with Gasteiger partial charge in [0.1, 0.15) is 17.6 Å². The third kappa shape index (κ3) is 4.83. The minimum atomic E-state index is -0.0643. The lowest BCUT2D eigenvalue weighted by molar-refractivity contribution is -0.128. The average Bonchev–Trinajstić information content (AvgIpc) is 3.65. The van der Waals surface area contributed by atoms with E-state index in [2.05, 4.69) is 0 Å². The third-order valence-electron chi connectivity index (χ3n) is 6.10. The van der Waals surface area contributed by atoms with Crippen LogP contribution in [0.1, 0.15) is 36.3 Å². The van der Waals surface area contributed by atoms with Crippen molar-refractivity contribution in [3.05, 3.63) is 89.2 Å². The van der Waals surface area contributed by atoms with Crippen molar-refractivity contribution in [2.24, 2.45) is 5.10 Å². The highest BCUT2D eigenvalue weighted by molar-refractivity contribution is 7.14.